The summed E-state index contributed by atoms with van der Waals surface area (Å²) in [6.45, 7) is 3.73. The van der Waals surface area contributed by atoms with Gasteiger partial charge >= 0.3 is 0 Å². The summed E-state index contributed by atoms with van der Waals surface area (Å²) in [7, 11) is 0. The molecule has 0 heterocycles. The molecule has 0 aromatic carbocycles. The summed E-state index contributed by atoms with van der Waals surface area (Å²) < 4.78 is 5.36. The lowest BCUT2D eigenvalue weighted by atomic mass is 10.5. The Kier molecular flexibility index (Phi) is 7.27. The van der Waals surface area contributed by atoms with Gasteiger partial charge in [-0.25, -0.2) is 0 Å². The van der Waals surface area contributed by atoms with Crippen LogP contribution in [0, 0.1) is 0 Å². The van der Waals surface area contributed by atoms with Crippen molar-refractivity contribution in [3.05, 3.63) is 0 Å². The van der Waals surface area contributed by atoms with Crippen molar-refractivity contribution in [1.29, 1.82) is 0 Å². The molecular formula is C6H14OS2. The molecule has 56 valence electrons. The molecule has 0 aliphatic rings. The lowest BCUT2D eigenvalue weighted by molar-refractivity contribution is 0.135. The fourth-order valence-corrected chi connectivity index (χ4v) is 0.646. The second-order valence-electron chi connectivity index (χ2n) is 1.88. The third-order valence-electron chi connectivity index (χ3n) is 0.869. The van der Waals surface area contributed by atoms with Gasteiger partial charge in [0.05, 0.1) is 0 Å². The minimum Gasteiger partial charge on any atom is -0.381 e. The van der Waals surface area contributed by atoms with Gasteiger partial charge in [0.15, 0.2) is 0 Å². The topological polar surface area (TPSA) is 9.23 Å². The Bertz CT molecular complexity index is 57.0. The van der Waals surface area contributed by atoms with Crippen LogP contribution in [0.5, 0.6) is 0 Å². The maximum Gasteiger partial charge on any atom is 0.0484 e. The predicted molar refractivity (Wildman–Crippen MR) is 47.5 cm³/mol. The molecule has 0 aliphatic carbocycles. The van der Waals surface area contributed by atoms with E-state index in [0.717, 1.165) is 26.1 Å². The summed E-state index contributed by atoms with van der Waals surface area (Å²) >= 11 is 8.17. The van der Waals surface area contributed by atoms with Crippen LogP contribution in [0.1, 0.15) is 19.8 Å². The zero-order chi connectivity index (χ0) is 7.11. The summed E-state index contributed by atoms with van der Waals surface area (Å²) in [6.07, 6.45) is 2.01. The van der Waals surface area contributed by atoms with E-state index >= 15 is 0 Å². The van der Waals surface area contributed by atoms with Crippen molar-refractivity contribution in [1.82, 2.24) is 0 Å². The van der Waals surface area contributed by atoms with Crippen LogP contribution in [-0.4, -0.2) is 17.8 Å². The van der Waals surface area contributed by atoms with Crippen molar-refractivity contribution in [3.63, 3.8) is 0 Å². The molecule has 0 atom stereocenters. The lowest BCUT2D eigenvalue weighted by Crippen LogP contribution is -1.99. The number of thiol groups is 2. The van der Waals surface area contributed by atoms with Gasteiger partial charge < -0.3 is 4.74 Å². The summed E-state index contributed by atoms with van der Waals surface area (Å²) in [6, 6.07) is 0. The molecule has 0 radical (unpaired) electrons. The van der Waals surface area contributed by atoms with Crippen molar-refractivity contribution in [2.75, 3.05) is 13.2 Å². The first-order chi connectivity index (χ1) is 4.27. The van der Waals surface area contributed by atoms with Gasteiger partial charge in [0.1, 0.15) is 0 Å². The van der Waals surface area contributed by atoms with Crippen LogP contribution in [0.2, 0.25) is 0 Å². The molecule has 0 unspecified atom stereocenters. The zero-order valence-corrected chi connectivity index (χ0v) is 7.50. The van der Waals surface area contributed by atoms with Crippen LogP contribution < -0.4 is 0 Å². The van der Waals surface area contributed by atoms with Crippen LogP contribution >= 0.6 is 25.3 Å². The van der Waals surface area contributed by atoms with Gasteiger partial charge in [0.2, 0.25) is 0 Å². The van der Waals surface area contributed by atoms with Crippen molar-refractivity contribution < 1.29 is 4.74 Å². The van der Waals surface area contributed by atoms with E-state index in [4.69, 9.17) is 4.74 Å². The third-order valence-corrected chi connectivity index (χ3v) is 1.39. The molecule has 9 heavy (non-hydrogen) atoms. The standard InChI is InChI=1S/C6H14OS2/c1-2-4-7-5-3-6(8)9/h6,8-9H,2-5H2,1H3. The van der Waals surface area contributed by atoms with E-state index in [1.807, 2.05) is 0 Å². The lowest BCUT2D eigenvalue weighted by Gasteiger charge is -2.02. The molecule has 0 amide bonds. The van der Waals surface area contributed by atoms with Crippen LogP contribution in [-0.2, 0) is 4.74 Å². The van der Waals surface area contributed by atoms with Crippen LogP contribution in [0.4, 0.5) is 0 Å². The van der Waals surface area contributed by atoms with Gasteiger partial charge in [0, 0.05) is 17.8 Å². The number of hydrogen-bond acceptors (Lipinski definition) is 3. The Morgan fingerprint density at radius 2 is 2.00 bits per heavy atom. The van der Waals surface area contributed by atoms with E-state index in [2.05, 4.69) is 32.2 Å². The van der Waals surface area contributed by atoms with Gasteiger partial charge in [-0.2, -0.15) is 25.3 Å². The Balaban J connectivity index is 2.75. The van der Waals surface area contributed by atoms with Crippen molar-refractivity contribution >= 4 is 25.3 Å². The predicted octanol–water partition coefficient (Wildman–Crippen LogP) is 1.99. The highest BCUT2D eigenvalue weighted by Gasteiger charge is 1.93. The highest BCUT2D eigenvalue weighted by Crippen LogP contribution is 2.04. The molecular weight excluding hydrogens is 152 g/mol. The third kappa shape index (κ3) is 8.66. The van der Waals surface area contributed by atoms with Crippen LogP contribution in [0.25, 0.3) is 0 Å². The van der Waals surface area contributed by atoms with E-state index in [1.54, 1.807) is 0 Å². The van der Waals surface area contributed by atoms with Gasteiger partial charge in [-0.15, -0.1) is 0 Å². The quantitative estimate of drug-likeness (QED) is 0.361. The molecule has 3 heteroatoms. The molecule has 0 saturated carbocycles. The smallest absolute Gasteiger partial charge is 0.0484 e. The van der Waals surface area contributed by atoms with Crippen molar-refractivity contribution in [3.8, 4) is 0 Å². The van der Waals surface area contributed by atoms with E-state index in [0.29, 0.717) is 0 Å². The van der Waals surface area contributed by atoms with Gasteiger partial charge in [-0.1, -0.05) is 6.92 Å². The normalized spacial score (nSPS) is 10.7. The van der Waals surface area contributed by atoms with Crippen molar-refractivity contribution in [2.45, 2.75) is 24.3 Å². The summed E-state index contributed by atoms with van der Waals surface area (Å²) in [4.78, 5) is 0. The van der Waals surface area contributed by atoms with Crippen LogP contribution in [0.15, 0.2) is 0 Å². The van der Waals surface area contributed by atoms with Gasteiger partial charge in [0.25, 0.3) is 0 Å². The first-order valence-corrected chi connectivity index (χ1v) is 4.24. The first kappa shape index (κ1) is 9.66. The molecule has 0 rings (SSSR count). The fraction of sp³-hybridized carbons (Fsp3) is 1.00. The maximum absolute atomic E-state index is 5.20. The molecule has 0 bridgehead atoms. The highest BCUT2D eigenvalue weighted by molar-refractivity contribution is 7.99. The van der Waals surface area contributed by atoms with Gasteiger partial charge in [-0.3, -0.25) is 0 Å². The zero-order valence-electron chi connectivity index (χ0n) is 5.71. The van der Waals surface area contributed by atoms with E-state index in [9.17, 15) is 0 Å². The molecule has 0 aliphatic heterocycles. The molecule has 0 aromatic heterocycles. The largest absolute Gasteiger partial charge is 0.381 e. The SMILES string of the molecule is CCCOCCC(S)S. The Morgan fingerprint density at radius 3 is 2.44 bits per heavy atom. The number of rotatable bonds is 5. The second-order valence-corrected chi connectivity index (χ2v) is 3.54. The minimum absolute atomic E-state index is 0.168. The maximum atomic E-state index is 5.20. The van der Waals surface area contributed by atoms with Crippen molar-refractivity contribution in [2.24, 2.45) is 0 Å². The second kappa shape index (κ2) is 6.78. The average Bonchev–Trinajstić information content (AvgIpc) is 1.80. The average molecular weight is 166 g/mol. The van der Waals surface area contributed by atoms with E-state index in [-0.39, 0.29) is 4.58 Å². The molecule has 0 N–H and O–H groups in total. The Morgan fingerprint density at radius 1 is 1.33 bits per heavy atom. The van der Waals surface area contributed by atoms with E-state index in [1.165, 1.54) is 0 Å². The number of hydrogen-bond donors (Lipinski definition) is 2. The molecule has 0 spiro atoms. The van der Waals surface area contributed by atoms with Crippen LogP contribution in [0.3, 0.4) is 0 Å². The highest BCUT2D eigenvalue weighted by atomic mass is 32.2. The summed E-state index contributed by atoms with van der Waals surface area (Å²) in [5.74, 6) is 0. The fourth-order valence-electron chi connectivity index (χ4n) is 0.435. The molecule has 0 saturated heterocycles. The Labute approximate surface area is 68.0 Å². The molecule has 0 fully saturated rings. The minimum atomic E-state index is 0.168. The summed E-state index contributed by atoms with van der Waals surface area (Å²) in [5.41, 5.74) is 0. The number of ether oxygens (including phenoxy) is 1. The summed E-state index contributed by atoms with van der Waals surface area (Å²) in [5, 5.41) is 0. The first-order valence-electron chi connectivity index (χ1n) is 3.21. The van der Waals surface area contributed by atoms with Gasteiger partial charge in [-0.05, 0) is 12.8 Å². The molecule has 1 nitrogen and oxygen atoms in total. The molecule has 0 aromatic rings. The monoisotopic (exact) mass is 166 g/mol. The Hall–Kier alpha value is 0.660. The van der Waals surface area contributed by atoms with E-state index < -0.39 is 0 Å².